The largest absolute Gasteiger partial charge is 0.352 e. The maximum atomic E-state index is 14.4. The number of hydrogen-bond donors (Lipinski definition) is 1. The van der Waals surface area contributed by atoms with E-state index < -0.39 is 5.82 Å². The zero-order valence-electron chi connectivity index (χ0n) is 14.1. The lowest BCUT2D eigenvalue weighted by Gasteiger charge is -2.14. The minimum absolute atomic E-state index is 0.197. The second kappa shape index (κ2) is 7.56. The lowest BCUT2D eigenvalue weighted by molar-refractivity contribution is 0.0947. The van der Waals surface area contributed by atoms with Gasteiger partial charge in [0, 0.05) is 29.7 Å². The van der Waals surface area contributed by atoms with E-state index in [1.165, 1.54) is 44.6 Å². The van der Waals surface area contributed by atoms with Crippen LogP contribution in [0.3, 0.4) is 0 Å². The summed E-state index contributed by atoms with van der Waals surface area (Å²) in [5, 5.41) is 3.72. The molecule has 3 rings (SSSR count). The predicted molar refractivity (Wildman–Crippen MR) is 96.1 cm³/mol. The Balaban J connectivity index is 1.81. The molecule has 1 heterocycles. The van der Waals surface area contributed by atoms with Gasteiger partial charge in [-0.2, -0.15) is 0 Å². The molecule has 2 aromatic rings. The van der Waals surface area contributed by atoms with Crippen molar-refractivity contribution in [3.8, 4) is 0 Å². The highest BCUT2D eigenvalue weighted by atomic mass is 35.5. The first-order valence-corrected chi connectivity index (χ1v) is 9.24. The third kappa shape index (κ3) is 3.59. The lowest BCUT2D eigenvalue weighted by Crippen LogP contribution is -2.29. The van der Waals surface area contributed by atoms with Crippen LogP contribution in [0.25, 0.3) is 10.9 Å². The zero-order valence-corrected chi connectivity index (χ0v) is 14.8. The quantitative estimate of drug-likeness (QED) is 0.760. The van der Waals surface area contributed by atoms with Crippen molar-refractivity contribution in [2.45, 2.75) is 52.0 Å². The van der Waals surface area contributed by atoms with Crippen LogP contribution in [-0.2, 0) is 6.54 Å². The number of nitrogens with one attached hydrogen (secondary N) is 1. The number of rotatable bonds is 4. The molecule has 0 aliphatic heterocycles. The summed E-state index contributed by atoms with van der Waals surface area (Å²) in [6.45, 7) is 3.30. The van der Waals surface area contributed by atoms with E-state index in [4.69, 9.17) is 11.6 Å². The van der Waals surface area contributed by atoms with E-state index in [2.05, 4.69) is 5.32 Å². The van der Waals surface area contributed by atoms with Gasteiger partial charge in [-0.3, -0.25) is 4.79 Å². The number of halogens is 2. The second-order valence-electron chi connectivity index (χ2n) is 6.68. The number of carbonyl (C=O) groups excluding carboxylic acids is 1. The summed E-state index contributed by atoms with van der Waals surface area (Å²) in [7, 11) is 0. The molecule has 1 aliphatic carbocycles. The van der Waals surface area contributed by atoms with E-state index in [0.717, 1.165) is 0 Å². The van der Waals surface area contributed by atoms with E-state index in [9.17, 15) is 9.18 Å². The summed E-state index contributed by atoms with van der Waals surface area (Å²) in [6.07, 6.45) is 9.13. The molecule has 0 bridgehead atoms. The van der Waals surface area contributed by atoms with Crippen molar-refractivity contribution in [3.63, 3.8) is 0 Å². The molecule has 1 amide bonds. The summed E-state index contributed by atoms with van der Waals surface area (Å²) in [4.78, 5) is 12.6. The molecule has 130 valence electrons. The van der Waals surface area contributed by atoms with Crippen LogP contribution in [0.2, 0.25) is 5.02 Å². The summed E-state index contributed by atoms with van der Waals surface area (Å²) < 4.78 is 16.3. The number of nitrogens with zero attached hydrogens (tertiary/aromatic N) is 1. The Bertz CT molecular complexity index is 733. The van der Waals surface area contributed by atoms with Crippen LogP contribution in [0.15, 0.2) is 18.3 Å². The van der Waals surface area contributed by atoms with E-state index >= 15 is 0 Å². The summed E-state index contributed by atoms with van der Waals surface area (Å²) in [5.74, 6) is -0.0998. The molecule has 1 aliphatic rings. The van der Waals surface area contributed by atoms with Gasteiger partial charge in [0.1, 0.15) is 5.82 Å². The van der Waals surface area contributed by atoms with Gasteiger partial charge in [-0.1, -0.05) is 37.3 Å². The lowest BCUT2D eigenvalue weighted by atomic mass is 10.0. The Morgan fingerprint density at radius 2 is 2.00 bits per heavy atom. The van der Waals surface area contributed by atoms with Crippen molar-refractivity contribution < 1.29 is 9.18 Å². The van der Waals surface area contributed by atoms with E-state index in [1.807, 2.05) is 11.5 Å². The Kier molecular flexibility index (Phi) is 5.44. The fraction of sp³-hybridized carbons (Fsp3) is 0.526. The average molecular weight is 351 g/mol. The fourth-order valence-electron chi connectivity index (χ4n) is 3.68. The van der Waals surface area contributed by atoms with Gasteiger partial charge in [0.05, 0.1) is 11.1 Å². The second-order valence-corrected chi connectivity index (χ2v) is 7.11. The molecule has 0 saturated heterocycles. The molecule has 5 heteroatoms. The SMILES string of the molecule is CCn1cc(C(=O)NCC2CCCCCC2)c2c(F)cc(Cl)cc21. The van der Waals surface area contributed by atoms with Gasteiger partial charge in [0.25, 0.3) is 5.91 Å². The van der Waals surface area contributed by atoms with Crippen molar-refractivity contribution in [2.75, 3.05) is 6.54 Å². The van der Waals surface area contributed by atoms with E-state index in [-0.39, 0.29) is 5.91 Å². The maximum absolute atomic E-state index is 14.4. The van der Waals surface area contributed by atoms with Crippen LogP contribution < -0.4 is 5.32 Å². The molecule has 0 spiro atoms. The molecular formula is C19H24ClFN2O. The molecule has 1 aromatic heterocycles. The topological polar surface area (TPSA) is 34.0 Å². The molecule has 0 radical (unpaired) electrons. The van der Waals surface area contributed by atoms with Gasteiger partial charge in [-0.25, -0.2) is 4.39 Å². The van der Waals surface area contributed by atoms with Gasteiger partial charge >= 0.3 is 0 Å². The minimum atomic E-state index is -0.440. The summed E-state index contributed by atoms with van der Waals surface area (Å²) in [6, 6.07) is 2.98. The Hall–Kier alpha value is -1.55. The van der Waals surface area contributed by atoms with Crippen molar-refractivity contribution in [1.82, 2.24) is 9.88 Å². The van der Waals surface area contributed by atoms with Crippen molar-refractivity contribution in [3.05, 3.63) is 34.7 Å². The van der Waals surface area contributed by atoms with Crippen LogP contribution in [0.4, 0.5) is 4.39 Å². The number of amides is 1. The van der Waals surface area contributed by atoms with Gasteiger partial charge in [0.2, 0.25) is 0 Å². The van der Waals surface area contributed by atoms with Gasteiger partial charge in [0.15, 0.2) is 0 Å². The van der Waals surface area contributed by atoms with Crippen molar-refractivity contribution in [1.29, 1.82) is 0 Å². The van der Waals surface area contributed by atoms with E-state index in [1.54, 1.807) is 12.3 Å². The van der Waals surface area contributed by atoms with Crippen LogP contribution in [0.1, 0.15) is 55.8 Å². The van der Waals surface area contributed by atoms with Crippen LogP contribution in [-0.4, -0.2) is 17.0 Å². The number of benzene rings is 1. The van der Waals surface area contributed by atoms with Crippen molar-refractivity contribution >= 4 is 28.4 Å². The Morgan fingerprint density at radius 1 is 1.29 bits per heavy atom. The Labute approximate surface area is 147 Å². The molecule has 24 heavy (non-hydrogen) atoms. The number of hydrogen-bond acceptors (Lipinski definition) is 1. The highest BCUT2D eigenvalue weighted by Gasteiger charge is 2.20. The third-order valence-corrected chi connectivity index (χ3v) is 5.23. The van der Waals surface area contributed by atoms with Gasteiger partial charge < -0.3 is 9.88 Å². The van der Waals surface area contributed by atoms with Crippen molar-refractivity contribution in [2.24, 2.45) is 5.92 Å². The van der Waals surface area contributed by atoms with Crippen LogP contribution in [0, 0.1) is 11.7 Å². The predicted octanol–water partition coefficient (Wildman–Crippen LogP) is 5.15. The first-order chi connectivity index (χ1) is 11.6. The summed E-state index contributed by atoms with van der Waals surface area (Å²) >= 11 is 5.97. The molecule has 1 aromatic carbocycles. The van der Waals surface area contributed by atoms with Crippen LogP contribution >= 0.6 is 11.6 Å². The molecule has 1 saturated carbocycles. The maximum Gasteiger partial charge on any atom is 0.253 e. The van der Waals surface area contributed by atoms with Gasteiger partial charge in [-0.15, -0.1) is 0 Å². The molecule has 0 unspecified atom stereocenters. The monoisotopic (exact) mass is 350 g/mol. The average Bonchev–Trinajstić information content (AvgIpc) is 2.74. The highest BCUT2D eigenvalue weighted by Crippen LogP contribution is 2.28. The fourth-order valence-corrected chi connectivity index (χ4v) is 3.88. The van der Waals surface area contributed by atoms with E-state index in [0.29, 0.717) is 40.5 Å². The first-order valence-electron chi connectivity index (χ1n) is 8.86. The molecule has 1 N–H and O–H groups in total. The molecule has 0 atom stereocenters. The zero-order chi connectivity index (χ0) is 17.1. The standard InChI is InChI=1S/C19H24ClFN2O/c1-2-23-12-15(18-16(21)9-14(20)10-17(18)23)19(24)22-11-13-7-5-3-4-6-8-13/h9-10,12-13H,2-8,11H2,1H3,(H,22,24). The molecule has 1 fully saturated rings. The molecular weight excluding hydrogens is 327 g/mol. The number of fused-ring (bicyclic) bond motifs is 1. The smallest absolute Gasteiger partial charge is 0.253 e. The van der Waals surface area contributed by atoms with Crippen LogP contribution in [0.5, 0.6) is 0 Å². The number of carbonyl (C=O) groups is 1. The number of aryl methyl sites for hydroxylation is 1. The minimum Gasteiger partial charge on any atom is -0.352 e. The first kappa shape index (κ1) is 17.3. The summed E-state index contributed by atoms with van der Waals surface area (Å²) in [5.41, 5.74) is 1.07. The normalized spacial score (nSPS) is 16.3. The third-order valence-electron chi connectivity index (χ3n) is 5.01. The van der Waals surface area contributed by atoms with Gasteiger partial charge in [-0.05, 0) is 37.8 Å². The Morgan fingerprint density at radius 3 is 2.67 bits per heavy atom. The molecule has 3 nitrogen and oxygen atoms in total. The number of aromatic nitrogens is 1. The highest BCUT2D eigenvalue weighted by molar-refractivity contribution is 6.31.